The number of rotatable bonds is 2. The Morgan fingerprint density at radius 1 is 1.83 bits per heavy atom. The van der Waals surface area contributed by atoms with Gasteiger partial charge >= 0.3 is 5.97 Å². The van der Waals surface area contributed by atoms with Gasteiger partial charge in [0, 0.05) is 25.2 Å². The number of esters is 1. The zero-order chi connectivity index (χ0) is 8.97. The lowest BCUT2D eigenvalue weighted by Crippen LogP contribution is -2.16. The molecule has 0 spiro atoms. The summed E-state index contributed by atoms with van der Waals surface area (Å²) < 4.78 is 4.43. The summed E-state index contributed by atoms with van der Waals surface area (Å²) in [7, 11) is 0. The van der Waals surface area contributed by atoms with E-state index in [0.29, 0.717) is 6.61 Å². The predicted octanol–water partition coefficient (Wildman–Crippen LogP) is 0.810. The summed E-state index contributed by atoms with van der Waals surface area (Å²) in [4.78, 5) is 12.5. The largest absolute Gasteiger partial charge is 0.463 e. The van der Waals surface area contributed by atoms with Crippen molar-refractivity contribution in [3.05, 3.63) is 12.7 Å². The highest BCUT2D eigenvalue weighted by Crippen LogP contribution is 2.30. The van der Waals surface area contributed by atoms with Gasteiger partial charge in [0.25, 0.3) is 0 Å². The molecule has 2 heterocycles. The minimum absolute atomic E-state index is 0.359. The van der Waals surface area contributed by atoms with Crippen molar-refractivity contribution < 1.29 is 9.53 Å². The van der Waals surface area contributed by atoms with Crippen molar-refractivity contribution in [2.45, 2.75) is 19.4 Å². The molecule has 2 atom stereocenters. The van der Waals surface area contributed by atoms with Gasteiger partial charge in [0.1, 0.15) is 0 Å². The van der Waals surface area contributed by atoms with Gasteiger partial charge in [-0.25, -0.2) is 4.79 Å². The van der Waals surface area contributed by atoms with Gasteiger partial charge in [0.2, 0.25) is 0 Å². The van der Waals surface area contributed by atoms with E-state index in [1.807, 2.05) is 0 Å². The third kappa shape index (κ3) is 2.66. The van der Waals surface area contributed by atoms with Gasteiger partial charge in [-0.2, -0.15) is 0 Å². The average molecular weight is 169 g/mol. The SMILES string of the molecule is C1CN2CC12.C=CC(=O)OCC. The molecule has 0 amide bonds. The van der Waals surface area contributed by atoms with Crippen molar-refractivity contribution in [2.75, 3.05) is 19.7 Å². The standard InChI is InChI=1S/C5H8O2.C4H7N/c1-3-5(6)7-4-2;1-2-5-3-4(1)5/h3H,1,4H2,2H3;4H,1-3H2. The summed E-state index contributed by atoms with van der Waals surface area (Å²) >= 11 is 0. The molecule has 0 aliphatic carbocycles. The van der Waals surface area contributed by atoms with Crippen LogP contribution in [0.25, 0.3) is 0 Å². The van der Waals surface area contributed by atoms with Gasteiger partial charge in [-0.3, -0.25) is 4.90 Å². The number of hydrogen-bond acceptors (Lipinski definition) is 3. The van der Waals surface area contributed by atoms with E-state index in [1.54, 1.807) is 6.92 Å². The van der Waals surface area contributed by atoms with E-state index >= 15 is 0 Å². The molecule has 12 heavy (non-hydrogen) atoms. The highest BCUT2D eigenvalue weighted by Gasteiger charge is 2.41. The van der Waals surface area contributed by atoms with Gasteiger partial charge in [-0.1, -0.05) is 6.58 Å². The Hall–Kier alpha value is -0.830. The fraction of sp³-hybridized carbons (Fsp3) is 0.667. The number of fused-ring (bicyclic) bond motifs is 1. The molecular weight excluding hydrogens is 154 g/mol. The number of hydrogen-bond donors (Lipinski definition) is 0. The first-order chi connectivity index (χ1) is 5.77. The Labute approximate surface area is 73.0 Å². The summed E-state index contributed by atoms with van der Waals surface area (Å²) in [5, 5.41) is 0. The lowest BCUT2D eigenvalue weighted by atomic mass is 10.3. The summed E-state index contributed by atoms with van der Waals surface area (Å²) in [5.41, 5.74) is 0. The topological polar surface area (TPSA) is 29.3 Å². The maximum Gasteiger partial charge on any atom is 0.330 e. The first kappa shape index (κ1) is 9.26. The minimum Gasteiger partial charge on any atom is -0.463 e. The number of nitrogens with zero attached hydrogens (tertiary/aromatic N) is 1. The molecule has 0 N–H and O–H groups in total. The lowest BCUT2D eigenvalue weighted by molar-refractivity contribution is -0.137. The third-order valence-electron chi connectivity index (χ3n) is 2.03. The van der Waals surface area contributed by atoms with E-state index < -0.39 is 0 Å². The molecule has 2 saturated heterocycles. The van der Waals surface area contributed by atoms with Gasteiger partial charge < -0.3 is 4.74 Å². The van der Waals surface area contributed by atoms with Crippen molar-refractivity contribution in [1.82, 2.24) is 4.90 Å². The smallest absolute Gasteiger partial charge is 0.330 e. The molecule has 0 aromatic rings. The van der Waals surface area contributed by atoms with Crippen LogP contribution in [0, 0.1) is 0 Å². The Bertz CT molecular complexity index is 167. The van der Waals surface area contributed by atoms with Crippen molar-refractivity contribution in [3.63, 3.8) is 0 Å². The molecule has 2 rings (SSSR count). The number of carbonyl (C=O) groups is 1. The molecule has 2 unspecified atom stereocenters. The summed E-state index contributed by atoms with van der Waals surface area (Å²) in [6.45, 7) is 8.19. The Kier molecular flexibility index (Phi) is 3.29. The zero-order valence-electron chi connectivity index (χ0n) is 7.45. The van der Waals surface area contributed by atoms with Crippen molar-refractivity contribution in [2.24, 2.45) is 0 Å². The summed E-state index contributed by atoms with van der Waals surface area (Å²) in [5.74, 6) is -0.359. The van der Waals surface area contributed by atoms with Crippen LogP contribution in [0.2, 0.25) is 0 Å². The molecule has 68 valence electrons. The Morgan fingerprint density at radius 2 is 2.50 bits per heavy atom. The normalized spacial score (nSPS) is 28.4. The second-order valence-corrected chi connectivity index (χ2v) is 2.89. The van der Waals surface area contributed by atoms with Crippen molar-refractivity contribution in [1.29, 1.82) is 0 Å². The average Bonchev–Trinajstić information content (AvgIpc) is 2.60. The fourth-order valence-corrected chi connectivity index (χ4v) is 1.10. The minimum atomic E-state index is -0.359. The molecule has 0 radical (unpaired) electrons. The molecule has 3 heteroatoms. The van der Waals surface area contributed by atoms with Gasteiger partial charge in [-0.15, -0.1) is 0 Å². The maximum atomic E-state index is 10.1. The molecule has 2 aliphatic heterocycles. The van der Waals surface area contributed by atoms with E-state index in [0.717, 1.165) is 12.1 Å². The fourth-order valence-electron chi connectivity index (χ4n) is 1.10. The molecule has 2 aliphatic rings. The van der Waals surface area contributed by atoms with Crippen molar-refractivity contribution in [3.8, 4) is 0 Å². The highest BCUT2D eigenvalue weighted by molar-refractivity contribution is 5.81. The lowest BCUT2D eigenvalue weighted by Gasteiger charge is -2.08. The van der Waals surface area contributed by atoms with Crippen LogP contribution in [-0.4, -0.2) is 36.6 Å². The monoisotopic (exact) mass is 169 g/mol. The summed E-state index contributed by atoms with van der Waals surface area (Å²) in [6.07, 6.45) is 2.63. The number of ether oxygens (including phenoxy) is 1. The van der Waals surface area contributed by atoms with E-state index in [-0.39, 0.29) is 5.97 Å². The van der Waals surface area contributed by atoms with Crippen LogP contribution in [0.3, 0.4) is 0 Å². The highest BCUT2D eigenvalue weighted by atomic mass is 16.5. The Morgan fingerprint density at radius 3 is 2.58 bits per heavy atom. The molecule has 0 aromatic heterocycles. The number of carbonyl (C=O) groups excluding carboxylic acids is 1. The quantitative estimate of drug-likeness (QED) is 0.348. The van der Waals surface area contributed by atoms with Gasteiger partial charge in [0.05, 0.1) is 6.61 Å². The second kappa shape index (κ2) is 4.26. The molecular formula is C9H15NO2. The predicted molar refractivity (Wildman–Crippen MR) is 46.8 cm³/mol. The third-order valence-corrected chi connectivity index (χ3v) is 2.03. The van der Waals surface area contributed by atoms with Crippen molar-refractivity contribution >= 4 is 5.97 Å². The van der Waals surface area contributed by atoms with Crippen LogP contribution in [0.15, 0.2) is 12.7 Å². The van der Waals surface area contributed by atoms with Crippen LogP contribution >= 0.6 is 0 Å². The van der Waals surface area contributed by atoms with Crippen LogP contribution in [0.1, 0.15) is 13.3 Å². The molecule has 0 bridgehead atoms. The Balaban J connectivity index is 0.000000123. The van der Waals surface area contributed by atoms with Gasteiger partial charge in [0.15, 0.2) is 0 Å². The van der Waals surface area contributed by atoms with E-state index in [1.165, 1.54) is 19.5 Å². The van der Waals surface area contributed by atoms with E-state index in [9.17, 15) is 4.79 Å². The molecule has 0 saturated carbocycles. The van der Waals surface area contributed by atoms with Crippen LogP contribution in [0.4, 0.5) is 0 Å². The van der Waals surface area contributed by atoms with Crippen LogP contribution in [0.5, 0.6) is 0 Å². The first-order valence-electron chi connectivity index (χ1n) is 4.31. The molecule has 3 nitrogen and oxygen atoms in total. The molecule has 2 fully saturated rings. The van der Waals surface area contributed by atoms with Gasteiger partial charge in [-0.05, 0) is 13.3 Å². The first-order valence-corrected chi connectivity index (χ1v) is 4.31. The van der Waals surface area contributed by atoms with E-state index in [2.05, 4.69) is 16.2 Å². The second-order valence-electron chi connectivity index (χ2n) is 2.89. The zero-order valence-corrected chi connectivity index (χ0v) is 7.45. The maximum absolute atomic E-state index is 10.1. The van der Waals surface area contributed by atoms with E-state index in [4.69, 9.17) is 0 Å². The summed E-state index contributed by atoms with van der Waals surface area (Å²) in [6, 6.07) is 1.06. The van der Waals surface area contributed by atoms with Crippen LogP contribution in [-0.2, 0) is 9.53 Å². The molecule has 0 aromatic carbocycles. The van der Waals surface area contributed by atoms with Crippen LogP contribution < -0.4 is 0 Å².